The van der Waals surface area contributed by atoms with Gasteiger partial charge < -0.3 is 14.0 Å². The fourth-order valence-electron chi connectivity index (χ4n) is 3.54. The van der Waals surface area contributed by atoms with E-state index in [-0.39, 0.29) is 0 Å². The summed E-state index contributed by atoms with van der Waals surface area (Å²) in [6.07, 6.45) is 0. The van der Waals surface area contributed by atoms with Gasteiger partial charge in [-0.25, -0.2) is 9.97 Å². The van der Waals surface area contributed by atoms with Gasteiger partial charge in [0, 0.05) is 17.5 Å². The molecule has 0 radical (unpaired) electrons. The van der Waals surface area contributed by atoms with Crippen molar-refractivity contribution in [3.63, 3.8) is 0 Å². The topological polar surface area (TPSA) is 49.2 Å². The summed E-state index contributed by atoms with van der Waals surface area (Å²) in [7, 11) is 3.26. The lowest BCUT2D eigenvalue weighted by Gasteiger charge is -2.14. The number of aromatic nitrogens is 3. The average Bonchev–Trinajstić information content (AvgIpc) is 3.07. The first-order valence-electron chi connectivity index (χ1n) is 9.20. The zero-order valence-electron chi connectivity index (χ0n) is 16.4. The Morgan fingerprint density at radius 1 is 1.00 bits per heavy atom. The first kappa shape index (κ1) is 18.6. The maximum Gasteiger partial charge on any atom is 0.161 e. The minimum Gasteiger partial charge on any atom is -0.493 e. The van der Waals surface area contributed by atoms with Gasteiger partial charge in [-0.1, -0.05) is 43.6 Å². The first-order chi connectivity index (χ1) is 13.5. The summed E-state index contributed by atoms with van der Waals surface area (Å²) in [5.41, 5.74) is 3.53. The first-order valence-corrected chi connectivity index (χ1v) is 9.58. The average molecular weight is 396 g/mol. The highest BCUT2D eigenvalue weighted by Crippen LogP contribution is 2.37. The molecule has 2 heterocycles. The van der Waals surface area contributed by atoms with Crippen LogP contribution >= 0.6 is 11.6 Å². The molecule has 4 rings (SSSR count). The standard InChI is InChI=1S/C22H22ClN3O2/c1-13(2)12-26-20-15-7-5-6-8-16(15)24-21(23)19(20)25-22(26)14-9-10-17(27-3)18(11-14)28-4/h5-11,13H,12H2,1-4H3. The molecule has 0 atom stereocenters. The fraction of sp³-hybridized carbons (Fsp3) is 0.273. The Kier molecular flexibility index (Phi) is 4.85. The van der Waals surface area contributed by atoms with Crippen molar-refractivity contribution < 1.29 is 9.47 Å². The van der Waals surface area contributed by atoms with E-state index in [9.17, 15) is 0 Å². The van der Waals surface area contributed by atoms with E-state index < -0.39 is 0 Å². The SMILES string of the molecule is COc1ccc(-c2nc3c(Cl)nc4ccccc4c3n2CC(C)C)cc1OC. The molecule has 0 saturated carbocycles. The van der Waals surface area contributed by atoms with Crippen molar-refractivity contribution in [2.75, 3.05) is 14.2 Å². The third-order valence-electron chi connectivity index (χ3n) is 4.73. The van der Waals surface area contributed by atoms with E-state index in [1.54, 1.807) is 14.2 Å². The number of pyridine rings is 1. The molecule has 0 spiro atoms. The van der Waals surface area contributed by atoms with Crippen LogP contribution < -0.4 is 9.47 Å². The third kappa shape index (κ3) is 3.06. The van der Waals surface area contributed by atoms with Crippen molar-refractivity contribution in [2.45, 2.75) is 20.4 Å². The van der Waals surface area contributed by atoms with E-state index in [0.29, 0.717) is 28.1 Å². The number of halogens is 1. The van der Waals surface area contributed by atoms with Crippen LogP contribution in [-0.2, 0) is 6.54 Å². The van der Waals surface area contributed by atoms with Crippen LogP contribution in [0.4, 0.5) is 0 Å². The number of rotatable bonds is 5. The van der Waals surface area contributed by atoms with Gasteiger partial charge in [0.05, 0.1) is 25.3 Å². The van der Waals surface area contributed by atoms with E-state index in [2.05, 4.69) is 29.5 Å². The number of fused-ring (bicyclic) bond motifs is 3. The van der Waals surface area contributed by atoms with E-state index in [1.807, 2.05) is 36.4 Å². The van der Waals surface area contributed by atoms with Gasteiger partial charge in [-0.15, -0.1) is 0 Å². The summed E-state index contributed by atoms with van der Waals surface area (Å²) >= 11 is 6.52. The molecular formula is C22H22ClN3O2. The Labute approximate surface area is 168 Å². The van der Waals surface area contributed by atoms with Crippen LogP contribution in [-0.4, -0.2) is 28.8 Å². The second-order valence-electron chi connectivity index (χ2n) is 7.13. The molecule has 2 aromatic carbocycles. The zero-order valence-corrected chi connectivity index (χ0v) is 17.1. The number of imidazole rings is 1. The molecule has 0 aliphatic rings. The second kappa shape index (κ2) is 7.32. The number of hydrogen-bond acceptors (Lipinski definition) is 4. The summed E-state index contributed by atoms with van der Waals surface area (Å²) in [6, 6.07) is 13.9. The second-order valence-corrected chi connectivity index (χ2v) is 7.48. The van der Waals surface area contributed by atoms with Gasteiger partial charge in [0.15, 0.2) is 16.7 Å². The van der Waals surface area contributed by atoms with Crippen molar-refractivity contribution >= 4 is 33.5 Å². The highest BCUT2D eigenvalue weighted by molar-refractivity contribution is 6.35. The van der Waals surface area contributed by atoms with Crippen molar-refractivity contribution in [3.8, 4) is 22.9 Å². The molecule has 0 saturated heterocycles. The summed E-state index contributed by atoms with van der Waals surface area (Å²) in [4.78, 5) is 9.43. The quantitative estimate of drug-likeness (QED) is 0.414. The number of ether oxygens (including phenoxy) is 2. The Morgan fingerprint density at radius 3 is 2.46 bits per heavy atom. The number of methoxy groups -OCH3 is 2. The monoisotopic (exact) mass is 395 g/mol. The lowest BCUT2D eigenvalue weighted by molar-refractivity contribution is 0.355. The molecular weight excluding hydrogens is 374 g/mol. The molecule has 0 amide bonds. The number of hydrogen-bond donors (Lipinski definition) is 0. The summed E-state index contributed by atoms with van der Waals surface area (Å²) in [5.74, 6) is 2.62. The van der Waals surface area contributed by atoms with Crippen LogP contribution in [0, 0.1) is 5.92 Å². The highest BCUT2D eigenvalue weighted by Gasteiger charge is 2.20. The molecule has 0 fully saturated rings. The number of para-hydroxylation sites is 1. The van der Waals surface area contributed by atoms with Crippen LogP contribution in [0.1, 0.15) is 13.8 Å². The van der Waals surface area contributed by atoms with Gasteiger partial charge in [0.25, 0.3) is 0 Å². The van der Waals surface area contributed by atoms with Crippen molar-refractivity contribution in [2.24, 2.45) is 5.92 Å². The third-order valence-corrected chi connectivity index (χ3v) is 4.99. The Balaban J connectivity index is 2.06. The van der Waals surface area contributed by atoms with E-state index in [1.165, 1.54) is 0 Å². The molecule has 6 heteroatoms. The van der Waals surface area contributed by atoms with Crippen LogP contribution in [0.25, 0.3) is 33.3 Å². The van der Waals surface area contributed by atoms with Gasteiger partial charge in [-0.2, -0.15) is 0 Å². The maximum atomic E-state index is 6.52. The molecule has 0 aliphatic carbocycles. The van der Waals surface area contributed by atoms with E-state index >= 15 is 0 Å². The molecule has 5 nitrogen and oxygen atoms in total. The van der Waals surface area contributed by atoms with Crippen molar-refractivity contribution in [1.29, 1.82) is 0 Å². The normalized spacial score (nSPS) is 11.5. The minimum atomic E-state index is 0.415. The predicted molar refractivity (Wildman–Crippen MR) is 113 cm³/mol. The molecule has 2 aromatic heterocycles. The van der Waals surface area contributed by atoms with Crippen LogP contribution in [0.5, 0.6) is 11.5 Å². The Morgan fingerprint density at radius 2 is 1.75 bits per heavy atom. The van der Waals surface area contributed by atoms with Crippen LogP contribution in [0.2, 0.25) is 5.15 Å². The lowest BCUT2D eigenvalue weighted by atomic mass is 10.1. The largest absolute Gasteiger partial charge is 0.493 e. The van der Waals surface area contributed by atoms with Crippen LogP contribution in [0.15, 0.2) is 42.5 Å². The van der Waals surface area contributed by atoms with Gasteiger partial charge in [0.1, 0.15) is 11.3 Å². The molecule has 4 aromatic rings. The molecule has 0 N–H and O–H groups in total. The van der Waals surface area contributed by atoms with Gasteiger partial charge in [-0.05, 0) is 30.2 Å². The van der Waals surface area contributed by atoms with Gasteiger partial charge >= 0.3 is 0 Å². The lowest BCUT2D eigenvalue weighted by Crippen LogP contribution is -2.06. The smallest absolute Gasteiger partial charge is 0.161 e. The molecule has 0 unspecified atom stereocenters. The molecule has 0 bridgehead atoms. The zero-order chi connectivity index (χ0) is 19.8. The fourth-order valence-corrected chi connectivity index (χ4v) is 3.76. The highest BCUT2D eigenvalue weighted by atomic mass is 35.5. The molecule has 0 aliphatic heterocycles. The van der Waals surface area contributed by atoms with Crippen molar-refractivity contribution in [1.82, 2.24) is 14.5 Å². The number of nitrogens with zero attached hydrogens (tertiary/aromatic N) is 3. The summed E-state index contributed by atoms with van der Waals surface area (Å²) < 4.78 is 13.1. The molecule has 28 heavy (non-hydrogen) atoms. The summed E-state index contributed by atoms with van der Waals surface area (Å²) in [6.45, 7) is 5.19. The predicted octanol–water partition coefficient (Wildman–Crippen LogP) is 5.58. The van der Waals surface area contributed by atoms with Crippen LogP contribution in [0.3, 0.4) is 0 Å². The van der Waals surface area contributed by atoms with Gasteiger partial charge in [0.2, 0.25) is 0 Å². The minimum absolute atomic E-state index is 0.415. The Bertz CT molecular complexity index is 1170. The molecule has 144 valence electrons. The number of benzene rings is 2. The van der Waals surface area contributed by atoms with E-state index in [4.69, 9.17) is 26.1 Å². The Hall–Kier alpha value is -2.79. The summed E-state index contributed by atoms with van der Waals surface area (Å²) in [5, 5.41) is 1.46. The maximum absolute atomic E-state index is 6.52. The van der Waals surface area contributed by atoms with E-state index in [0.717, 1.165) is 34.4 Å². The van der Waals surface area contributed by atoms with Gasteiger partial charge in [-0.3, -0.25) is 0 Å². The van der Waals surface area contributed by atoms with Crippen molar-refractivity contribution in [3.05, 3.63) is 47.6 Å².